The van der Waals surface area contributed by atoms with Crippen LogP contribution in [0.15, 0.2) is 24.5 Å². The molecule has 0 aliphatic carbocycles. The third kappa shape index (κ3) is 3.47. The standard InChI is InChI=1S/C13H12ClN3O2/c1-2-5-16(9-13(18)19)7-11-8-17-6-10(14)3-4-12(17)15-11/h1,3-4,6,8H,5,7,9H2,(H,18,19). The number of pyridine rings is 1. The molecular weight excluding hydrogens is 266 g/mol. The minimum Gasteiger partial charge on any atom is -0.480 e. The molecule has 0 aliphatic heterocycles. The lowest BCUT2D eigenvalue weighted by Gasteiger charge is -2.15. The molecule has 0 bridgehead atoms. The van der Waals surface area contributed by atoms with Crippen LogP contribution in [0, 0.1) is 12.3 Å². The van der Waals surface area contributed by atoms with Crippen molar-refractivity contribution in [3.8, 4) is 12.3 Å². The van der Waals surface area contributed by atoms with Gasteiger partial charge >= 0.3 is 5.97 Å². The lowest BCUT2D eigenvalue weighted by Crippen LogP contribution is -2.29. The molecule has 0 unspecified atom stereocenters. The van der Waals surface area contributed by atoms with Crippen LogP contribution in [-0.2, 0) is 11.3 Å². The lowest BCUT2D eigenvalue weighted by molar-refractivity contribution is -0.138. The molecule has 0 saturated heterocycles. The summed E-state index contributed by atoms with van der Waals surface area (Å²) in [5, 5.41) is 9.42. The van der Waals surface area contributed by atoms with Crippen LogP contribution >= 0.6 is 11.6 Å². The van der Waals surface area contributed by atoms with Crippen molar-refractivity contribution in [1.82, 2.24) is 14.3 Å². The van der Waals surface area contributed by atoms with Crippen LogP contribution in [-0.4, -0.2) is 38.4 Å². The van der Waals surface area contributed by atoms with E-state index in [0.717, 1.165) is 11.3 Å². The quantitative estimate of drug-likeness (QED) is 0.842. The summed E-state index contributed by atoms with van der Waals surface area (Å²) >= 11 is 5.89. The molecule has 98 valence electrons. The summed E-state index contributed by atoms with van der Waals surface area (Å²) in [7, 11) is 0. The first-order valence-electron chi connectivity index (χ1n) is 5.59. The molecule has 2 aromatic heterocycles. The molecule has 2 aromatic rings. The van der Waals surface area contributed by atoms with E-state index < -0.39 is 5.97 Å². The fourth-order valence-corrected chi connectivity index (χ4v) is 1.98. The van der Waals surface area contributed by atoms with E-state index in [1.807, 2.05) is 6.20 Å². The van der Waals surface area contributed by atoms with Crippen molar-refractivity contribution in [2.24, 2.45) is 0 Å². The fourth-order valence-electron chi connectivity index (χ4n) is 1.81. The zero-order valence-corrected chi connectivity index (χ0v) is 10.8. The molecule has 0 radical (unpaired) electrons. The van der Waals surface area contributed by atoms with Gasteiger partial charge in [0.2, 0.25) is 0 Å². The summed E-state index contributed by atoms with van der Waals surface area (Å²) in [6.45, 7) is 0.537. The molecule has 0 amide bonds. The monoisotopic (exact) mass is 277 g/mol. The van der Waals surface area contributed by atoms with E-state index in [1.165, 1.54) is 0 Å². The Morgan fingerprint density at radius 3 is 3.00 bits per heavy atom. The second-order valence-electron chi connectivity index (χ2n) is 4.09. The fraction of sp³-hybridized carbons (Fsp3) is 0.231. The van der Waals surface area contributed by atoms with E-state index in [0.29, 0.717) is 11.6 Å². The third-order valence-electron chi connectivity index (χ3n) is 2.52. The molecule has 2 heterocycles. The van der Waals surface area contributed by atoms with Gasteiger partial charge in [-0.2, -0.15) is 0 Å². The van der Waals surface area contributed by atoms with Crippen LogP contribution in [0.3, 0.4) is 0 Å². The summed E-state index contributed by atoms with van der Waals surface area (Å²) in [4.78, 5) is 16.8. The van der Waals surface area contributed by atoms with Crippen molar-refractivity contribution in [3.63, 3.8) is 0 Å². The number of terminal acetylenes is 1. The Morgan fingerprint density at radius 1 is 1.53 bits per heavy atom. The number of carbonyl (C=O) groups is 1. The number of carboxylic acid groups (broad SMARTS) is 1. The first-order valence-corrected chi connectivity index (χ1v) is 5.97. The SMILES string of the molecule is C#CCN(CC(=O)O)Cc1cn2cc(Cl)ccc2n1. The van der Waals surface area contributed by atoms with Crippen LogP contribution in [0.2, 0.25) is 5.02 Å². The van der Waals surface area contributed by atoms with Gasteiger partial charge in [0.15, 0.2) is 0 Å². The van der Waals surface area contributed by atoms with Crippen LogP contribution in [0.5, 0.6) is 0 Å². The zero-order chi connectivity index (χ0) is 13.8. The van der Waals surface area contributed by atoms with Gasteiger partial charge in [-0.15, -0.1) is 6.42 Å². The molecule has 0 spiro atoms. The number of rotatable bonds is 5. The first kappa shape index (κ1) is 13.4. The highest BCUT2D eigenvalue weighted by Gasteiger charge is 2.11. The average molecular weight is 278 g/mol. The van der Waals surface area contributed by atoms with Crippen LogP contribution < -0.4 is 0 Å². The number of hydrogen-bond donors (Lipinski definition) is 1. The van der Waals surface area contributed by atoms with E-state index in [-0.39, 0.29) is 13.1 Å². The predicted molar refractivity (Wildman–Crippen MR) is 71.9 cm³/mol. The summed E-state index contributed by atoms with van der Waals surface area (Å²) in [5.74, 6) is 1.53. The van der Waals surface area contributed by atoms with Crippen molar-refractivity contribution >= 4 is 23.2 Å². The van der Waals surface area contributed by atoms with Gasteiger partial charge in [-0.1, -0.05) is 17.5 Å². The number of aromatic nitrogens is 2. The van der Waals surface area contributed by atoms with E-state index in [2.05, 4.69) is 10.9 Å². The number of nitrogens with zero attached hydrogens (tertiary/aromatic N) is 3. The van der Waals surface area contributed by atoms with E-state index in [4.69, 9.17) is 23.1 Å². The molecule has 5 nitrogen and oxygen atoms in total. The Balaban J connectivity index is 2.19. The normalized spacial score (nSPS) is 10.8. The van der Waals surface area contributed by atoms with Crippen molar-refractivity contribution < 1.29 is 9.90 Å². The lowest BCUT2D eigenvalue weighted by atomic mass is 10.4. The zero-order valence-electron chi connectivity index (χ0n) is 10.1. The second-order valence-corrected chi connectivity index (χ2v) is 4.52. The highest BCUT2D eigenvalue weighted by atomic mass is 35.5. The highest BCUT2D eigenvalue weighted by molar-refractivity contribution is 6.30. The Bertz CT molecular complexity index is 645. The van der Waals surface area contributed by atoms with Crippen molar-refractivity contribution in [2.45, 2.75) is 6.54 Å². The number of fused-ring (bicyclic) bond motifs is 1. The summed E-state index contributed by atoms with van der Waals surface area (Å²) < 4.78 is 1.80. The Morgan fingerprint density at radius 2 is 2.32 bits per heavy atom. The predicted octanol–water partition coefficient (Wildman–Crippen LogP) is 1.51. The maximum atomic E-state index is 10.7. The molecule has 0 aromatic carbocycles. The molecule has 0 atom stereocenters. The van der Waals surface area contributed by atoms with Crippen molar-refractivity contribution in [3.05, 3.63) is 35.2 Å². The van der Waals surface area contributed by atoms with Gasteiger partial charge in [-0.05, 0) is 12.1 Å². The molecule has 19 heavy (non-hydrogen) atoms. The summed E-state index contributed by atoms with van der Waals surface area (Å²) in [6, 6.07) is 3.55. The molecule has 2 rings (SSSR count). The number of halogens is 1. The Kier molecular flexibility index (Phi) is 4.05. The van der Waals surface area contributed by atoms with Gasteiger partial charge in [0.05, 0.1) is 23.8 Å². The maximum Gasteiger partial charge on any atom is 0.317 e. The number of aliphatic carboxylic acids is 1. The largest absolute Gasteiger partial charge is 0.480 e. The first-order chi connectivity index (χ1) is 9.08. The van der Waals surface area contributed by atoms with E-state index in [1.54, 1.807) is 27.6 Å². The summed E-state index contributed by atoms with van der Waals surface area (Å²) in [6.07, 6.45) is 8.78. The van der Waals surface area contributed by atoms with Gasteiger partial charge in [0, 0.05) is 18.9 Å². The molecule has 0 aliphatic rings. The number of hydrogen-bond acceptors (Lipinski definition) is 3. The Labute approximate surface area is 115 Å². The van der Waals surface area contributed by atoms with Crippen molar-refractivity contribution in [2.75, 3.05) is 13.1 Å². The second kappa shape index (κ2) is 5.74. The minimum absolute atomic E-state index is 0.112. The highest BCUT2D eigenvalue weighted by Crippen LogP contribution is 2.12. The van der Waals surface area contributed by atoms with Crippen LogP contribution in [0.1, 0.15) is 5.69 Å². The third-order valence-corrected chi connectivity index (χ3v) is 2.75. The average Bonchev–Trinajstić information content (AvgIpc) is 2.69. The smallest absolute Gasteiger partial charge is 0.317 e. The van der Waals surface area contributed by atoms with E-state index in [9.17, 15) is 4.79 Å². The Hall–Kier alpha value is -2.03. The van der Waals surface area contributed by atoms with E-state index >= 15 is 0 Å². The molecular formula is C13H12ClN3O2. The van der Waals surface area contributed by atoms with Gasteiger partial charge in [0.1, 0.15) is 5.65 Å². The molecule has 6 heteroatoms. The van der Waals surface area contributed by atoms with Gasteiger partial charge in [0.25, 0.3) is 0 Å². The minimum atomic E-state index is -0.915. The molecule has 0 saturated carbocycles. The molecule has 0 fully saturated rings. The number of carboxylic acids is 1. The van der Waals surface area contributed by atoms with Crippen LogP contribution in [0.25, 0.3) is 5.65 Å². The van der Waals surface area contributed by atoms with Crippen molar-refractivity contribution in [1.29, 1.82) is 0 Å². The maximum absolute atomic E-state index is 10.7. The number of imidazole rings is 1. The van der Waals surface area contributed by atoms with Gasteiger partial charge < -0.3 is 9.51 Å². The molecule has 1 N–H and O–H groups in total. The topological polar surface area (TPSA) is 57.8 Å². The van der Waals surface area contributed by atoms with Crippen LogP contribution in [0.4, 0.5) is 0 Å². The van der Waals surface area contributed by atoms with Gasteiger partial charge in [-0.25, -0.2) is 4.98 Å². The summed E-state index contributed by atoms with van der Waals surface area (Å²) in [5.41, 5.74) is 1.51. The van der Waals surface area contributed by atoms with Gasteiger partial charge in [-0.3, -0.25) is 9.69 Å².